The third-order valence-electron chi connectivity index (χ3n) is 10.8. The van der Waals surface area contributed by atoms with Crippen molar-refractivity contribution in [2.45, 2.75) is 64.1 Å². The average Bonchev–Trinajstić information content (AvgIpc) is 4.05. The molecule has 0 unspecified atom stereocenters. The maximum Gasteiger partial charge on any atom is 0.250 e. The summed E-state index contributed by atoms with van der Waals surface area (Å²) in [6.45, 7) is 4.93. The second-order valence-electron chi connectivity index (χ2n) is 15.5. The van der Waals surface area contributed by atoms with Gasteiger partial charge in [0.2, 0.25) is 17.7 Å². The Balaban J connectivity index is 0.983. The molecule has 0 saturated carbocycles. The van der Waals surface area contributed by atoms with Crippen LogP contribution in [0.1, 0.15) is 72.1 Å². The summed E-state index contributed by atoms with van der Waals surface area (Å²) in [5, 5.41) is 3.98. The number of hydrogen-bond donors (Lipinski definition) is 1. The number of nitrogens with zero attached hydrogens (tertiary/aromatic N) is 4. The largest absolute Gasteiger partial charge is 0.341 e. The molecule has 1 aliphatic heterocycles. The molecule has 0 radical (unpaired) electrons. The Morgan fingerprint density at radius 2 is 1.42 bits per heavy atom. The number of thiazole rings is 1. The lowest BCUT2D eigenvalue weighted by molar-refractivity contribution is -0.137. The highest BCUT2D eigenvalue weighted by Gasteiger charge is 2.37. The average molecular weight is 824 g/mol. The zero-order valence-electron chi connectivity index (χ0n) is 34.2. The van der Waals surface area contributed by atoms with Crippen LogP contribution in [0.15, 0.2) is 128 Å². The van der Waals surface area contributed by atoms with Gasteiger partial charge in [-0.15, -0.1) is 22.7 Å². The lowest BCUT2D eigenvalue weighted by atomic mass is 10.0. The van der Waals surface area contributed by atoms with Gasteiger partial charge in [-0.25, -0.2) is 4.98 Å². The van der Waals surface area contributed by atoms with Crippen LogP contribution in [0.3, 0.4) is 0 Å². The monoisotopic (exact) mass is 823 g/mol. The van der Waals surface area contributed by atoms with Gasteiger partial charge in [0.1, 0.15) is 11.0 Å². The van der Waals surface area contributed by atoms with E-state index in [1.165, 1.54) is 9.75 Å². The Bertz CT molecular complexity index is 2290. The van der Waals surface area contributed by atoms with Gasteiger partial charge in [0.15, 0.2) is 0 Å². The molecule has 4 aromatic carbocycles. The van der Waals surface area contributed by atoms with Gasteiger partial charge >= 0.3 is 0 Å². The highest BCUT2D eigenvalue weighted by Crippen LogP contribution is 2.39. The first-order valence-corrected chi connectivity index (χ1v) is 22.3. The first-order valence-electron chi connectivity index (χ1n) is 20.6. The lowest BCUT2D eigenvalue weighted by Gasteiger charge is -2.28. The molecule has 3 amide bonds. The topological polar surface area (TPSA) is 85.8 Å². The van der Waals surface area contributed by atoms with E-state index in [-0.39, 0.29) is 23.8 Å². The molecular weight excluding hydrogens is 771 g/mol. The van der Waals surface area contributed by atoms with Gasteiger partial charge in [0, 0.05) is 35.5 Å². The minimum atomic E-state index is -0.740. The van der Waals surface area contributed by atoms with Crippen LogP contribution < -0.4 is 5.32 Å². The Labute approximate surface area is 356 Å². The SMILES string of the molecule is CCCN(Cc1ccc(-c2ccc(-c3ccc(-c4cnc([C@@H]5CCCN5C(=O)[C@H](NC(=O)CCCN(C)C)c5ccccc5)s4)cc3)cc2)s1)C(=O)Cc1ccccc1. The quantitative estimate of drug-likeness (QED) is 0.0991. The molecule has 59 heavy (non-hydrogen) atoms. The summed E-state index contributed by atoms with van der Waals surface area (Å²) >= 11 is 3.38. The number of benzene rings is 4. The molecule has 0 bridgehead atoms. The summed E-state index contributed by atoms with van der Waals surface area (Å²) in [6.07, 6.45) is 6.08. The number of carbonyl (C=O) groups is 3. The second-order valence-corrected chi connectivity index (χ2v) is 17.7. The molecule has 6 aromatic rings. The van der Waals surface area contributed by atoms with Gasteiger partial charge in [-0.3, -0.25) is 14.4 Å². The number of hydrogen-bond acceptors (Lipinski definition) is 7. The Morgan fingerprint density at radius 3 is 2.08 bits per heavy atom. The molecular formula is C49H53N5O3S2. The van der Waals surface area contributed by atoms with Crippen molar-refractivity contribution in [2.24, 2.45) is 0 Å². The van der Waals surface area contributed by atoms with Crippen LogP contribution in [0.4, 0.5) is 0 Å². The number of rotatable bonds is 17. The second kappa shape index (κ2) is 20.0. The molecule has 8 nitrogen and oxygen atoms in total. The van der Waals surface area contributed by atoms with Gasteiger partial charge in [0.25, 0.3) is 0 Å². The summed E-state index contributed by atoms with van der Waals surface area (Å²) in [5.74, 6) is -0.0405. The van der Waals surface area contributed by atoms with Gasteiger partial charge in [-0.1, -0.05) is 116 Å². The number of amides is 3. The molecule has 1 aliphatic rings. The van der Waals surface area contributed by atoms with E-state index in [9.17, 15) is 14.4 Å². The Morgan fingerprint density at radius 1 is 0.780 bits per heavy atom. The van der Waals surface area contributed by atoms with Crippen molar-refractivity contribution in [1.82, 2.24) is 25.0 Å². The van der Waals surface area contributed by atoms with Crippen molar-refractivity contribution in [3.8, 4) is 32.0 Å². The molecule has 3 heterocycles. The maximum absolute atomic E-state index is 14.2. The molecule has 0 aliphatic carbocycles. The van der Waals surface area contributed by atoms with Gasteiger partial charge in [-0.05, 0) is 91.8 Å². The van der Waals surface area contributed by atoms with Crippen LogP contribution >= 0.6 is 22.7 Å². The zero-order chi connectivity index (χ0) is 41.1. The van der Waals surface area contributed by atoms with Gasteiger partial charge in [-0.2, -0.15) is 0 Å². The number of carbonyl (C=O) groups excluding carboxylic acids is 3. The third kappa shape index (κ3) is 10.8. The van der Waals surface area contributed by atoms with E-state index in [0.717, 1.165) is 82.0 Å². The van der Waals surface area contributed by atoms with E-state index in [1.54, 1.807) is 22.7 Å². The fraction of sp³-hybridized carbons (Fsp3) is 0.306. The van der Waals surface area contributed by atoms with Crippen LogP contribution in [-0.4, -0.2) is 71.1 Å². The van der Waals surface area contributed by atoms with Crippen molar-refractivity contribution in [1.29, 1.82) is 0 Å². The molecule has 2 aromatic heterocycles. The van der Waals surface area contributed by atoms with E-state index < -0.39 is 6.04 Å². The molecule has 0 spiro atoms. The van der Waals surface area contributed by atoms with E-state index in [2.05, 4.69) is 77.8 Å². The summed E-state index contributed by atoms with van der Waals surface area (Å²) in [5.41, 5.74) is 6.35. The summed E-state index contributed by atoms with van der Waals surface area (Å²) in [6, 6.07) is 40.2. The van der Waals surface area contributed by atoms with Crippen LogP contribution in [-0.2, 0) is 27.3 Å². The van der Waals surface area contributed by atoms with Crippen molar-refractivity contribution < 1.29 is 14.4 Å². The molecule has 1 saturated heterocycles. The Hall–Kier alpha value is -5.42. The van der Waals surface area contributed by atoms with Crippen LogP contribution in [0, 0.1) is 0 Å². The van der Waals surface area contributed by atoms with Crippen LogP contribution in [0.2, 0.25) is 0 Å². The molecule has 7 rings (SSSR count). The molecule has 1 fully saturated rings. The fourth-order valence-corrected chi connectivity index (χ4v) is 9.75. The maximum atomic E-state index is 14.2. The smallest absolute Gasteiger partial charge is 0.250 e. The predicted octanol–water partition coefficient (Wildman–Crippen LogP) is 10.0. The standard InChI is InChI=1S/C49H53N5O3S2/c1-4-29-53(46(56)32-35-13-7-5-8-14-35)34-41-27-28-43(58-41)38-23-19-36(20-24-38)37-21-25-39(26-22-37)44-33-50-48(59-44)42-17-11-31-54(42)49(57)47(40-15-9-6-10-16-40)51-45(55)18-12-30-52(2)3/h5-10,13-16,19-28,33,42,47H,4,11-12,17-18,29-32,34H2,1-3H3,(H,51,55)/t42-,47+/m0/s1. The molecule has 10 heteroatoms. The van der Waals surface area contributed by atoms with Crippen LogP contribution in [0.5, 0.6) is 0 Å². The molecule has 1 N–H and O–H groups in total. The zero-order valence-corrected chi connectivity index (χ0v) is 35.8. The molecule has 304 valence electrons. The number of thiophene rings is 1. The minimum absolute atomic E-state index is 0.0871. The van der Waals surface area contributed by atoms with E-state index in [4.69, 9.17) is 4.98 Å². The predicted molar refractivity (Wildman–Crippen MR) is 241 cm³/mol. The van der Waals surface area contributed by atoms with E-state index in [0.29, 0.717) is 25.9 Å². The fourth-order valence-electron chi connectivity index (χ4n) is 7.65. The summed E-state index contributed by atoms with van der Waals surface area (Å²) in [7, 11) is 3.98. The summed E-state index contributed by atoms with van der Waals surface area (Å²) in [4.78, 5) is 54.6. The van der Waals surface area contributed by atoms with Gasteiger partial charge in [0.05, 0.1) is 23.9 Å². The van der Waals surface area contributed by atoms with E-state index in [1.807, 2.05) is 90.8 Å². The number of nitrogens with one attached hydrogen (secondary N) is 1. The van der Waals surface area contributed by atoms with E-state index >= 15 is 0 Å². The van der Waals surface area contributed by atoms with Crippen molar-refractivity contribution in [3.05, 3.63) is 149 Å². The van der Waals surface area contributed by atoms with Crippen molar-refractivity contribution in [2.75, 3.05) is 33.7 Å². The first-order chi connectivity index (χ1) is 28.7. The highest BCUT2D eigenvalue weighted by atomic mass is 32.1. The minimum Gasteiger partial charge on any atom is -0.341 e. The number of aromatic nitrogens is 1. The Kier molecular flexibility index (Phi) is 14.2. The van der Waals surface area contributed by atoms with Gasteiger partial charge < -0.3 is 20.0 Å². The normalized spacial score (nSPS) is 14.4. The lowest BCUT2D eigenvalue weighted by Crippen LogP contribution is -2.42. The summed E-state index contributed by atoms with van der Waals surface area (Å²) < 4.78 is 0. The number of likely N-dealkylation sites (tertiary alicyclic amines) is 1. The third-order valence-corrected chi connectivity index (χ3v) is 13.0. The van der Waals surface area contributed by atoms with Crippen molar-refractivity contribution in [3.63, 3.8) is 0 Å². The van der Waals surface area contributed by atoms with Crippen LogP contribution in [0.25, 0.3) is 32.0 Å². The molecule has 2 atom stereocenters. The van der Waals surface area contributed by atoms with Crippen molar-refractivity contribution >= 4 is 40.4 Å². The first kappa shape index (κ1) is 41.7. The highest BCUT2D eigenvalue weighted by molar-refractivity contribution is 7.15.